The van der Waals surface area contributed by atoms with Gasteiger partial charge in [0, 0.05) is 22.0 Å². The number of anilines is 3. The molecule has 0 aliphatic carbocycles. The van der Waals surface area contributed by atoms with Crippen LogP contribution in [0.2, 0.25) is 0 Å². The molecule has 34 heavy (non-hydrogen) atoms. The number of amides is 1. The van der Waals surface area contributed by atoms with Crippen molar-refractivity contribution in [2.24, 2.45) is 0 Å². The molecule has 0 saturated heterocycles. The monoisotopic (exact) mass is 499 g/mol. The molecule has 1 heterocycles. The fourth-order valence-electron chi connectivity index (χ4n) is 2.93. The number of alkyl halides is 2. The molecular weight excluding hydrogens is 478 g/mol. The maximum atomic E-state index is 14.9. The molecule has 0 aliphatic heterocycles. The minimum atomic E-state index is -2.74. The van der Waals surface area contributed by atoms with Gasteiger partial charge >= 0.3 is 0 Å². The van der Waals surface area contributed by atoms with Crippen LogP contribution in [0.5, 0.6) is 5.75 Å². The van der Waals surface area contributed by atoms with Crippen molar-refractivity contribution in [3.63, 3.8) is 0 Å². The number of hydrogen-bond donors (Lipinski definition) is 3. The highest BCUT2D eigenvalue weighted by atomic mass is 32.2. The molecule has 8 nitrogen and oxygen atoms in total. The lowest BCUT2D eigenvalue weighted by Crippen LogP contribution is -2.38. The Hall–Kier alpha value is -3.61. The summed E-state index contributed by atoms with van der Waals surface area (Å²) in [5.41, 5.74) is 0.505. The second kappa shape index (κ2) is 10.1. The molecule has 0 saturated carbocycles. The van der Waals surface area contributed by atoms with Gasteiger partial charge in [0.1, 0.15) is 29.5 Å². The highest BCUT2D eigenvalue weighted by molar-refractivity contribution is 8.00. The van der Waals surface area contributed by atoms with Gasteiger partial charge in [-0.15, -0.1) is 0 Å². The molecule has 0 aliphatic rings. The van der Waals surface area contributed by atoms with Crippen molar-refractivity contribution in [3.05, 3.63) is 48.3 Å². The van der Waals surface area contributed by atoms with E-state index < -0.39 is 46.3 Å². The summed E-state index contributed by atoms with van der Waals surface area (Å²) >= 11 is 0. The number of halogens is 4. The zero-order chi connectivity index (χ0) is 25.0. The second-order valence-electron chi connectivity index (χ2n) is 7.34. The first-order valence-corrected chi connectivity index (χ1v) is 11.9. The minimum absolute atomic E-state index is 0.00664. The molecular formula is C21H21F4N5O3S. The van der Waals surface area contributed by atoms with Gasteiger partial charge in [-0.2, -0.15) is 0 Å². The molecule has 13 heteroatoms. The van der Waals surface area contributed by atoms with E-state index >= 15 is 0 Å². The summed E-state index contributed by atoms with van der Waals surface area (Å²) in [6.45, 7) is 0.447. The van der Waals surface area contributed by atoms with Crippen LogP contribution < -0.4 is 20.1 Å². The highest BCUT2D eigenvalue weighted by Gasteiger charge is 2.19. The summed E-state index contributed by atoms with van der Waals surface area (Å²) in [5.74, 6) is 1.08. The maximum Gasteiger partial charge on any atom is 0.260 e. The SMILES string of the molecule is C=S(C)(=O)Nc1cc(F)c2c(Nc3ccc(F)cc3O[C@H](C)C(=O)NCC(F)F)ncnc2c1. The number of hydrogen-bond acceptors (Lipinski definition) is 6. The number of carbonyl (C=O) groups is 1. The van der Waals surface area contributed by atoms with Crippen LogP contribution >= 0.6 is 0 Å². The lowest BCUT2D eigenvalue weighted by Gasteiger charge is -2.18. The number of rotatable bonds is 9. The predicted molar refractivity (Wildman–Crippen MR) is 123 cm³/mol. The number of ether oxygens (including phenoxy) is 1. The molecule has 3 aromatic rings. The first-order valence-electron chi connectivity index (χ1n) is 9.76. The van der Waals surface area contributed by atoms with Crippen molar-refractivity contribution in [2.75, 3.05) is 22.8 Å². The van der Waals surface area contributed by atoms with Crippen LogP contribution in [0.25, 0.3) is 10.9 Å². The average molecular weight is 499 g/mol. The molecule has 1 unspecified atom stereocenters. The lowest BCUT2D eigenvalue weighted by atomic mass is 10.2. The number of benzene rings is 2. The van der Waals surface area contributed by atoms with E-state index in [2.05, 4.69) is 25.9 Å². The number of nitrogens with zero attached hydrogens (tertiary/aromatic N) is 2. The van der Waals surface area contributed by atoms with Crippen molar-refractivity contribution in [1.29, 1.82) is 0 Å². The average Bonchev–Trinajstić information content (AvgIpc) is 2.72. The number of carbonyl (C=O) groups excluding carboxylic acids is 1. The molecule has 3 N–H and O–H groups in total. The van der Waals surface area contributed by atoms with Gasteiger partial charge in [-0.1, -0.05) is 0 Å². The summed E-state index contributed by atoms with van der Waals surface area (Å²) in [6, 6.07) is 5.92. The van der Waals surface area contributed by atoms with Crippen LogP contribution in [-0.2, 0) is 14.5 Å². The van der Waals surface area contributed by atoms with Crippen molar-refractivity contribution >= 4 is 49.6 Å². The first kappa shape index (κ1) is 25.0. The van der Waals surface area contributed by atoms with E-state index in [1.165, 1.54) is 25.3 Å². The lowest BCUT2D eigenvalue weighted by molar-refractivity contribution is -0.127. The van der Waals surface area contributed by atoms with Gasteiger partial charge < -0.3 is 20.1 Å². The quantitative estimate of drug-likeness (QED) is 0.308. The third-order valence-electron chi connectivity index (χ3n) is 4.32. The van der Waals surface area contributed by atoms with Crippen LogP contribution in [0, 0.1) is 11.6 Å². The van der Waals surface area contributed by atoms with E-state index in [0.717, 1.165) is 24.5 Å². The summed E-state index contributed by atoms with van der Waals surface area (Å²) < 4.78 is 73.4. The first-order chi connectivity index (χ1) is 15.9. The molecule has 2 atom stereocenters. The number of aromatic nitrogens is 2. The molecule has 2 aromatic carbocycles. The Labute approximate surface area is 192 Å². The van der Waals surface area contributed by atoms with E-state index in [1.54, 1.807) is 0 Å². The van der Waals surface area contributed by atoms with Crippen molar-refractivity contribution in [1.82, 2.24) is 15.3 Å². The minimum Gasteiger partial charge on any atom is -0.479 e. The summed E-state index contributed by atoms with van der Waals surface area (Å²) in [4.78, 5) is 20.0. The third-order valence-corrected chi connectivity index (χ3v) is 4.99. The Morgan fingerprint density at radius 1 is 1.21 bits per heavy atom. The molecule has 1 amide bonds. The van der Waals surface area contributed by atoms with Gasteiger partial charge in [-0.05, 0) is 37.1 Å². The third kappa shape index (κ3) is 6.47. The van der Waals surface area contributed by atoms with Gasteiger partial charge in [0.2, 0.25) is 0 Å². The standard InChI is InChI=1S/C21H21F4N5O3S/c1-11(21(31)26-9-18(24)25)33-17-6-12(22)4-5-15(17)29-20-19-14(23)7-13(30-34(2,3)32)8-16(19)27-10-28-20/h4-8,10-11,18H,2,9H2,1,3H3,(H,26,31)(H,30,32)(H,27,28,29)/t11-,34?/m1/s1. The van der Waals surface area contributed by atoms with E-state index in [-0.39, 0.29) is 33.8 Å². The van der Waals surface area contributed by atoms with Crippen molar-refractivity contribution in [2.45, 2.75) is 19.5 Å². The van der Waals surface area contributed by atoms with E-state index in [0.29, 0.717) is 0 Å². The maximum absolute atomic E-state index is 14.9. The van der Waals surface area contributed by atoms with Gasteiger partial charge in [0.05, 0.1) is 28.8 Å². The zero-order valence-electron chi connectivity index (χ0n) is 18.1. The van der Waals surface area contributed by atoms with Gasteiger partial charge in [0.15, 0.2) is 6.10 Å². The van der Waals surface area contributed by atoms with Crippen molar-refractivity contribution in [3.8, 4) is 5.75 Å². The topological polar surface area (TPSA) is 105 Å². The molecule has 3 rings (SSSR count). The molecule has 0 bridgehead atoms. The van der Waals surface area contributed by atoms with Crippen LogP contribution in [-0.4, -0.2) is 51.3 Å². The molecule has 0 spiro atoms. The van der Waals surface area contributed by atoms with E-state index in [9.17, 15) is 26.6 Å². The molecule has 0 radical (unpaired) electrons. The Kier molecular flexibility index (Phi) is 7.44. The summed E-state index contributed by atoms with van der Waals surface area (Å²) in [7, 11) is -2.66. The Balaban J connectivity index is 1.92. The number of nitrogens with one attached hydrogen (secondary N) is 3. The van der Waals surface area contributed by atoms with E-state index in [4.69, 9.17) is 4.74 Å². The molecule has 182 valence electrons. The predicted octanol–water partition coefficient (Wildman–Crippen LogP) is 3.47. The fraction of sp³-hybridized carbons (Fsp3) is 0.238. The highest BCUT2D eigenvalue weighted by Crippen LogP contribution is 2.33. The summed E-state index contributed by atoms with van der Waals surface area (Å²) in [6.07, 6.45) is -1.46. The van der Waals surface area contributed by atoms with Crippen LogP contribution in [0.4, 0.5) is 34.8 Å². The van der Waals surface area contributed by atoms with Gasteiger partial charge in [-0.25, -0.2) is 31.7 Å². The van der Waals surface area contributed by atoms with Crippen LogP contribution in [0.1, 0.15) is 6.92 Å². The Morgan fingerprint density at radius 3 is 2.62 bits per heavy atom. The van der Waals surface area contributed by atoms with E-state index in [1.807, 2.05) is 5.32 Å². The normalized spacial score (nSPS) is 13.9. The van der Waals surface area contributed by atoms with Crippen LogP contribution in [0.15, 0.2) is 36.7 Å². The fourth-order valence-corrected chi connectivity index (χ4v) is 3.55. The smallest absolute Gasteiger partial charge is 0.260 e. The van der Waals surface area contributed by atoms with Crippen molar-refractivity contribution < 1.29 is 31.3 Å². The zero-order valence-corrected chi connectivity index (χ0v) is 18.9. The second-order valence-corrected chi connectivity index (χ2v) is 9.56. The van der Waals surface area contributed by atoms with Gasteiger partial charge in [-0.3, -0.25) is 4.79 Å². The van der Waals surface area contributed by atoms with Crippen LogP contribution in [0.3, 0.4) is 0 Å². The summed E-state index contributed by atoms with van der Waals surface area (Å²) in [5, 5.41) is 4.82. The van der Waals surface area contributed by atoms with Gasteiger partial charge in [0.25, 0.3) is 12.3 Å². The number of fused-ring (bicyclic) bond motifs is 1. The molecule has 1 aromatic heterocycles. The Morgan fingerprint density at radius 2 is 1.94 bits per heavy atom. The largest absolute Gasteiger partial charge is 0.479 e. The Bertz CT molecular complexity index is 1320. The molecule has 0 fully saturated rings.